The van der Waals surface area contributed by atoms with Crippen molar-refractivity contribution in [3.63, 3.8) is 0 Å². The molecule has 2 aliphatic rings. The Morgan fingerprint density at radius 2 is 1.20 bits per heavy atom. The molecule has 2 aromatic heterocycles. The highest BCUT2D eigenvalue weighted by Gasteiger charge is 2.44. The van der Waals surface area contributed by atoms with Crippen LogP contribution in [-0.2, 0) is 0 Å². The van der Waals surface area contributed by atoms with E-state index in [-0.39, 0.29) is 6.71 Å². The molecule has 0 aliphatic carbocycles. The SMILES string of the molecule is c1ccc(-c2ccc3c4ccc5c6c4n(c3c2)-c2ccccc2B6c2c-5n(-c3ccccc3)c3ccccc23)cc1. The third-order valence-electron chi connectivity index (χ3n) is 9.33. The van der Waals surface area contributed by atoms with Gasteiger partial charge < -0.3 is 9.13 Å². The van der Waals surface area contributed by atoms with E-state index < -0.39 is 0 Å². The summed E-state index contributed by atoms with van der Waals surface area (Å²) in [4.78, 5) is 0. The van der Waals surface area contributed by atoms with Gasteiger partial charge in [-0.25, -0.2) is 0 Å². The van der Waals surface area contributed by atoms with Gasteiger partial charge in [-0.05, 0) is 68.8 Å². The van der Waals surface area contributed by atoms with Gasteiger partial charge in [0.25, 0.3) is 6.71 Å². The quantitative estimate of drug-likeness (QED) is 0.214. The monoisotopic (exact) mass is 518 g/mol. The molecule has 10 rings (SSSR count). The fraction of sp³-hybridized carbons (Fsp3) is 0. The van der Waals surface area contributed by atoms with E-state index in [1.807, 2.05) is 0 Å². The smallest absolute Gasteiger partial charge is 0.251 e. The first-order valence-corrected chi connectivity index (χ1v) is 14.3. The molecule has 0 atom stereocenters. The van der Waals surface area contributed by atoms with Crippen LogP contribution in [0.2, 0.25) is 0 Å². The molecule has 2 nitrogen and oxygen atoms in total. The number of rotatable bonds is 2. The van der Waals surface area contributed by atoms with Crippen molar-refractivity contribution >= 4 is 55.8 Å². The topological polar surface area (TPSA) is 9.86 Å². The van der Waals surface area contributed by atoms with Crippen LogP contribution in [0.25, 0.3) is 66.5 Å². The maximum absolute atomic E-state index is 2.54. The summed E-state index contributed by atoms with van der Waals surface area (Å²) in [6.07, 6.45) is 0. The fourth-order valence-electron chi connectivity index (χ4n) is 7.75. The normalized spacial score (nSPS) is 12.8. The molecular weight excluding hydrogens is 495 g/mol. The number of para-hydroxylation sites is 3. The Kier molecular flexibility index (Phi) is 4.03. The number of nitrogens with zero attached hydrogens (tertiary/aromatic N) is 2. The molecule has 0 saturated carbocycles. The molecule has 0 radical (unpaired) electrons. The van der Waals surface area contributed by atoms with E-state index in [0.29, 0.717) is 0 Å². The van der Waals surface area contributed by atoms with Crippen molar-refractivity contribution in [2.45, 2.75) is 0 Å². The van der Waals surface area contributed by atoms with Gasteiger partial charge in [-0.2, -0.15) is 0 Å². The van der Waals surface area contributed by atoms with Crippen molar-refractivity contribution in [3.8, 4) is 33.8 Å². The number of hydrogen-bond donors (Lipinski definition) is 0. The van der Waals surface area contributed by atoms with Gasteiger partial charge in [-0.3, -0.25) is 0 Å². The summed E-state index contributed by atoms with van der Waals surface area (Å²) >= 11 is 0. The summed E-state index contributed by atoms with van der Waals surface area (Å²) in [5.41, 5.74) is 15.8. The molecule has 4 heterocycles. The second-order valence-corrected chi connectivity index (χ2v) is 11.3. The van der Waals surface area contributed by atoms with Gasteiger partial charge in [0.1, 0.15) is 0 Å². The van der Waals surface area contributed by atoms with Crippen LogP contribution in [0, 0.1) is 0 Å². The Morgan fingerprint density at radius 3 is 2.07 bits per heavy atom. The van der Waals surface area contributed by atoms with Gasteiger partial charge in [0, 0.05) is 27.8 Å². The number of hydrogen-bond acceptors (Lipinski definition) is 0. The van der Waals surface area contributed by atoms with Crippen LogP contribution in [-0.4, -0.2) is 15.8 Å². The van der Waals surface area contributed by atoms with Crippen LogP contribution in [0.1, 0.15) is 0 Å². The summed E-state index contributed by atoms with van der Waals surface area (Å²) in [6, 6.07) is 51.3. The molecule has 0 N–H and O–H groups in total. The maximum atomic E-state index is 2.54. The van der Waals surface area contributed by atoms with E-state index in [1.54, 1.807) is 0 Å². The third kappa shape index (κ3) is 2.64. The average molecular weight is 518 g/mol. The maximum Gasteiger partial charge on any atom is 0.251 e. The molecule has 0 bridgehead atoms. The van der Waals surface area contributed by atoms with E-state index in [2.05, 4.69) is 149 Å². The lowest BCUT2D eigenvalue weighted by Gasteiger charge is -2.25. The van der Waals surface area contributed by atoms with Gasteiger partial charge in [0.05, 0.1) is 16.6 Å². The molecule has 8 aromatic rings. The van der Waals surface area contributed by atoms with Crippen molar-refractivity contribution in [3.05, 3.63) is 140 Å². The molecular formula is C38H23BN2. The zero-order valence-electron chi connectivity index (χ0n) is 22.3. The lowest BCUT2D eigenvalue weighted by Crippen LogP contribution is -2.53. The first-order valence-electron chi connectivity index (χ1n) is 14.3. The van der Waals surface area contributed by atoms with Crippen LogP contribution >= 0.6 is 0 Å². The number of benzene rings is 6. The van der Waals surface area contributed by atoms with Crippen molar-refractivity contribution < 1.29 is 0 Å². The first-order chi connectivity index (χ1) is 20.4. The minimum absolute atomic E-state index is 0.195. The van der Waals surface area contributed by atoms with E-state index in [9.17, 15) is 0 Å². The predicted molar refractivity (Wildman–Crippen MR) is 173 cm³/mol. The fourth-order valence-corrected chi connectivity index (χ4v) is 7.75. The van der Waals surface area contributed by atoms with Gasteiger partial charge in [-0.15, -0.1) is 0 Å². The molecule has 41 heavy (non-hydrogen) atoms. The molecule has 0 saturated heterocycles. The van der Waals surface area contributed by atoms with E-state index in [0.717, 1.165) is 0 Å². The minimum Gasteiger partial charge on any atom is -0.310 e. The van der Waals surface area contributed by atoms with Gasteiger partial charge >= 0.3 is 0 Å². The van der Waals surface area contributed by atoms with E-state index >= 15 is 0 Å². The van der Waals surface area contributed by atoms with Gasteiger partial charge in [0.15, 0.2) is 0 Å². The molecule has 2 aliphatic heterocycles. The Morgan fingerprint density at radius 1 is 0.463 bits per heavy atom. The standard InChI is InChI=1S/C38H23BN2/c1-3-11-24(12-4-1)25-19-20-27-28-21-22-30-36-37(28)41(34(27)23-25)33-18-10-8-16-31(33)39(36)35-29-15-7-9-17-32(29)40(38(30)35)26-13-5-2-6-14-26/h1-23H. The second kappa shape index (κ2) is 7.68. The molecule has 188 valence electrons. The lowest BCUT2D eigenvalue weighted by atomic mass is 9.37. The largest absolute Gasteiger partial charge is 0.310 e. The summed E-state index contributed by atoms with van der Waals surface area (Å²) in [7, 11) is 0. The Hall–Kier alpha value is -5.28. The van der Waals surface area contributed by atoms with Crippen LogP contribution in [0.5, 0.6) is 0 Å². The van der Waals surface area contributed by atoms with Crippen LogP contribution in [0.15, 0.2) is 140 Å². The molecule has 3 heteroatoms. The molecule has 0 spiro atoms. The zero-order valence-corrected chi connectivity index (χ0v) is 22.3. The van der Waals surface area contributed by atoms with E-state index in [4.69, 9.17) is 0 Å². The Bertz CT molecular complexity index is 2360. The highest BCUT2D eigenvalue weighted by Crippen LogP contribution is 2.42. The van der Waals surface area contributed by atoms with Crippen molar-refractivity contribution in [2.24, 2.45) is 0 Å². The molecule has 0 unspecified atom stereocenters. The zero-order chi connectivity index (χ0) is 26.7. The third-order valence-corrected chi connectivity index (χ3v) is 9.33. The van der Waals surface area contributed by atoms with Crippen LogP contribution in [0.3, 0.4) is 0 Å². The Balaban J connectivity index is 1.38. The highest BCUT2D eigenvalue weighted by molar-refractivity contribution is 7.02. The van der Waals surface area contributed by atoms with Gasteiger partial charge in [0.2, 0.25) is 0 Å². The predicted octanol–water partition coefficient (Wildman–Crippen LogP) is 7.20. The summed E-state index contributed by atoms with van der Waals surface area (Å²) in [6.45, 7) is 0.195. The van der Waals surface area contributed by atoms with Crippen LogP contribution < -0.4 is 16.4 Å². The number of aromatic nitrogens is 2. The average Bonchev–Trinajstić information content (AvgIpc) is 3.67. The summed E-state index contributed by atoms with van der Waals surface area (Å²) < 4.78 is 5.03. The minimum atomic E-state index is 0.195. The molecule has 0 amide bonds. The lowest BCUT2D eigenvalue weighted by molar-refractivity contribution is 1.14. The first kappa shape index (κ1) is 21.5. The van der Waals surface area contributed by atoms with Gasteiger partial charge in [-0.1, -0.05) is 109 Å². The van der Waals surface area contributed by atoms with Crippen molar-refractivity contribution in [2.75, 3.05) is 0 Å². The summed E-state index contributed by atoms with van der Waals surface area (Å²) in [5, 5.41) is 3.98. The van der Waals surface area contributed by atoms with E-state index in [1.165, 1.54) is 82.9 Å². The molecule has 0 fully saturated rings. The molecule has 6 aromatic carbocycles. The number of fused-ring (bicyclic) bond motifs is 11. The summed E-state index contributed by atoms with van der Waals surface area (Å²) in [5.74, 6) is 0. The van der Waals surface area contributed by atoms with Crippen LogP contribution in [0.4, 0.5) is 0 Å². The van der Waals surface area contributed by atoms with Crippen molar-refractivity contribution in [1.82, 2.24) is 9.13 Å². The second-order valence-electron chi connectivity index (χ2n) is 11.3. The highest BCUT2D eigenvalue weighted by atomic mass is 15.0. The Labute approximate surface area is 237 Å². The van der Waals surface area contributed by atoms with Crippen molar-refractivity contribution in [1.29, 1.82) is 0 Å².